The fourth-order valence-corrected chi connectivity index (χ4v) is 4.05. The van der Waals surface area contributed by atoms with E-state index in [2.05, 4.69) is 37.5 Å². The van der Waals surface area contributed by atoms with Crippen LogP contribution in [0.2, 0.25) is 0 Å². The number of nitro benzene ring substituents is 1. The topological polar surface area (TPSA) is 60.0 Å². The molecule has 1 atom stereocenters. The lowest BCUT2D eigenvalue weighted by Crippen LogP contribution is -3.14. The Bertz CT molecular complexity index is 727. The van der Waals surface area contributed by atoms with Crippen LogP contribution in [0.1, 0.15) is 40.0 Å². The summed E-state index contributed by atoms with van der Waals surface area (Å²) in [6.45, 7) is 11.2. The van der Waals surface area contributed by atoms with Gasteiger partial charge in [-0.2, -0.15) is 0 Å². The SMILES string of the molecule is CC1(C)CCC[C@@](C)(C#CC[NH+]2CCN(c3ccc([N+](=O)[O-])cc3)CC2)O1. The van der Waals surface area contributed by atoms with Crippen LogP contribution in [0.25, 0.3) is 0 Å². The van der Waals surface area contributed by atoms with Gasteiger partial charge in [0.15, 0.2) is 0 Å². The van der Waals surface area contributed by atoms with E-state index in [9.17, 15) is 10.1 Å². The summed E-state index contributed by atoms with van der Waals surface area (Å²) in [6, 6.07) is 6.83. The molecule has 3 rings (SSSR count). The summed E-state index contributed by atoms with van der Waals surface area (Å²) >= 11 is 0. The lowest BCUT2D eigenvalue weighted by atomic mass is 9.88. The van der Waals surface area contributed by atoms with Gasteiger partial charge >= 0.3 is 0 Å². The number of rotatable bonds is 3. The molecule has 6 heteroatoms. The molecule has 2 fully saturated rings. The normalized spacial score (nSPS) is 25.5. The van der Waals surface area contributed by atoms with E-state index in [0.29, 0.717) is 0 Å². The first-order valence-corrected chi connectivity index (χ1v) is 9.80. The predicted molar refractivity (Wildman–Crippen MR) is 106 cm³/mol. The Morgan fingerprint density at radius 2 is 1.85 bits per heavy atom. The molecule has 27 heavy (non-hydrogen) atoms. The number of anilines is 1. The van der Waals surface area contributed by atoms with E-state index in [1.54, 1.807) is 12.1 Å². The molecule has 2 aliphatic rings. The molecule has 1 aromatic rings. The zero-order chi connectivity index (χ0) is 19.5. The maximum atomic E-state index is 10.8. The predicted octanol–water partition coefficient (Wildman–Crippen LogP) is 2.04. The zero-order valence-electron chi connectivity index (χ0n) is 16.6. The van der Waals surface area contributed by atoms with Crippen molar-refractivity contribution in [3.05, 3.63) is 34.4 Å². The molecule has 0 bridgehead atoms. The average Bonchev–Trinajstić information content (AvgIpc) is 2.61. The van der Waals surface area contributed by atoms with Crippen LogP contribution < -0.4 is 9.80 Å². The molecule has 0 saturated carbocycles. The van der Waals surface area contributed by atoms with Gasteiger partial charge in [-0.05, 0) is 58.1 Å². The molecule has 0 amide bonds. The van der Waals surface area contributed by atoms with Crippen LogP contribution >= 0.6 is 0 Å². The summed E-state index contributed by atoms with van der Waals surface area (Å²) in [4.78, 5) is 14.2. The fourth-order valence-electron chi connectivity index (χ4n) is 4.05. The Morgan fingerprint density at radius 1 is 1.19 bits per heavy atom. The molecule has 6 nitrogen and oxygen atoms in total. The van der Waals surface area contributed by atoms with E-state index < -0.39 is 0 Å². The van der Waals surface area contributed by atoms with Crippen molar-refractivity contribution in [1.82, 2.24) is 0 Å². The Labute approximate surface area is 161 Å². The standard InChI is InChI=1S/C21H29N3O3/c1-20(2)10-4-11-21(3,27-20)12-5-13-22-14-16-23(17-15-22)18-6-8-19(9-7-18)24(25)26/h6-9H,4,10-11,13-17H2,1-3H3/p+1/t21-/m0/s1. The fraction of sp³-hybridized carbons (Fsp3) is 0.619. The van der Waals surface area contributed by atoms with Gasteiger partial charge in [0.2, 0.25) is 0 Å². The van der Waals surface area contributed by atoms with E-state index in [0.717, 1.165) is 51.3 Å². The highest BCUT2D eigenvalue weighted by Crippen LogP contribution is 2.34. The summed E-state index contributed by atoms with van der Waals surface area (Å²) < 4.78 is 6.21. The molecule has 0 aromatic heterocycles. The third-order valence-corrected chi connectivity index (χ3v) is 5.52. The molecule has 2 saturated heterocycles. The molecule has 2 aliphatic heterocycles. The van der Waals surface area contributed by atoms with E-state index in [4.69, 9.17) is 4.74 Å². The molecule has 1 aromatic carbocycles. The molecule has 0 aliphatic carbocycles. The first kappa shape index (κ1) is 19.7. The highest BCUT2D eigenvalue weighted by Gasteiger charge is 2.36. The Morgan fingerprint density at radius 3 is 2.44 bits per heavy atom. The molecule has 0 spiro atoms. The van der Waals surface area contributed by atoms with E-state index in [-0.39, 0.29) is 21.8 Å². The van der Waals surface area contributed by atoms with Crippen molar-refractivity contribution in [2.75, 3.05) is 37.6 Å². The quantitative estimate of drug-likeness (QED) is 0.501. The monoisotopic (exact) mass is 372 g/mol. The number of hydrogen-bond acceptors (Lipinski definition) is 4. The van der Waals surface area contributed by atoms with Crippen LogP contribution in [0.5, 0.6) is 0 Å². The zero-order valence-corrected chi connectivity index (χ0v) is 16.6. The number of non-ortho nitro benzene ring substituents is 1. The second-order valence-corrected chi connectivity index (χ2v) is 8.44. The number of nitrogens with one attached hydrogen (secondary N) is 1. The van der Waals surface area contributed by atoms with Gasteiger partial charge in [0, 0.05) is 17.8 Å². The number of benzene rings is 1. The van der Waals surface area contributed by atoms with E-state index in [1.807, 2.05) is 12.1 Å². The van der Waals surface area contributed by atoms with Crippen molar-refractivity contribution in [3.63, 3.8) is 0 Å². The van der Waals surface area contributed by atoms with Gasteiger partial charge in [0.05, 0.1) is 36.7 Å². The van der Waals surface area contributed by atoms with Crippen molar-refractivity contribution in [2.45, 2.75) is 51.2 Å². The lowest BCUT2D eigenvalue weighted by Gasteiger charge is -2.40. The second-order valence-electron chi connectivity index (χ2n) is 8.44. The van der Waals surface area contributed by atoms with Crippen molar-refractivity contribution in [3.8, 4) is 11.8 Å². The minimum Gasteiger partial charge on any atom is -0.360 e. The number of piperazine rings is 1. The molecule has 146 valence electrons. The number of nitrogens with zero attached hydrogens (tertiary/aromatic N) is 2. The molecule has 0 radical (unpaired) electrons. The number of ether oxygens (including phenoxy) is 1. The van der Waals surface area contributed by atoms with Gasteiger partial charge in [0.1, 0.15) is 12.1 Å². The Hall–Kier alpha value is -2.10. The number of hydrogen-bond donors (Lipinski definition) is 1. The smallest absolute Gasteiger partial charge is 0.269 e. The summed E-state index contributed by atoms with van der Waals surface area (Å²) in [7, 11) is 0. The van der Waals surface area contributed by atoms with Crippen molar-refractivity contribution >= 4 is 11.4 Å². The maximum Gasteiger partial charge on any atom is 0.269 e. The highest BCUT2D eigenvalue weighted by molar-refractivity contribution is 5.51. The largest absolute Gasteiger partial charge is 0.360 e. The summed E-state index contributed by atoms with van der Waals surface area (Å²) in [5.41, 5.74) is 0.795. The van der Waals surface area contributed by atoms with Crippen LogP contribution in [0.15, 0.2) is 24.3 Å². The van der Waals surface area contributed by atoms with E-state index in [1.165, 1.54) is 11.3 Å². The van der Waals surface area contributed by atoms with Gasteiger partial charge in [-0.3, -0.25) is 10.1 Å². The maximum absolute atomic E-state index is 10.8. The third kappa shape index (κ3) is 5.21. The van der Waals surface area contributed by atoms with Crippen molar-refractivity contribution in [2.24, 2.45) is 0 Å². The van der Waals surface area contributed by atoms with Gasteiger partial charge in [0.25, 0.3) is 5.69 Å². The van der Waals surface area contributed by atoms with Crippen LogP contribution in [0.3, 0.4) is 0 Å². The van der Waals surface area contributed by atoms with Crippen LogP contribution in [-0.2, 0) is 4.74 Å². The average molecular weight is 372 g/mol. The van der Waals surface area contributed by atoms with Crippen LogP contribution in [0, 0.1) is 22.0 Å². The molecular weight excluding hydrogens is 342 g/mol. The Balaban J connectivity index is 1.49. The summed E-state index contributed by atoms with van der Waals surface area (Å²) in [5.74, 6) is 6.76. The van der Waals surface area contributed by atoms with Crippen molar-refractivity contribution in [1.29, 1.82) is 0 Å². The van der Waals surface area contributed by atoms with Gasteiger partial charge in [-0.1, -0.05) is 5.92 Å². The Kier molecular flexibility index (Phi) is 5.73. The molecule has 1 N–H and O–H groups in total. The van der Waals surface area contributed by atoms with Crippen molar-refractivity contribution < 1.29 is 14.6 Å². The van der Waals surface area contributed by atoms with E-state index >= 15 is 0 Å². The molecule has 2 heterocycles. The summed E-state index contributed by atoms with van der Waals surface area (Å²) in [5, 5.41) is 10.8. The first-order chi connectivity index (χ1) is 12.8. The minimum absolute atomic E-state index is 0.0785. The highest BCUT2D eigenvalue weighted by atomic mass is 16.6. The lowest BCUT2D eigenvalue weighted by molar-refractivity contribution is -0.893. The number of quaternary nitrogens is 1. The molecule has 0 unspecified atom stereocenters. The summed E-state index contributed by atoms with van der Waals surface area (Å²) in [6.07, 6.45) is 3.27. The first-order valence-electron chi connectivity index (χ1n) is 9.80. The van der Waals surface area contributed by atoms with Crippen LogP contribution in [-0.4, -0.2) is 48.8 Å². The second kappa shape index (κ2) is 7.87. The number of nitro groups is 1. The molecular formula is C21H30N3O3+. The minimum atomic E-state index is -0.359. The van der Waals surface area contributed by atoms with Gasteiger partial charge in [-0.15, -0.1) is 0 Å². The van der Waals surface area contributed by atoms with Gasteiger partial charge < -0.3 is 14.5 Å². The van der Waals surface area contributed by atoms with Crippen LogP contribution in [0.4, 0.5) is 11.4 Å². The third-order valence-electron chi connectivity index (χ3n) is 5.52. The van der Waals surface area contributed by atoms with Gasteiger partial charge in [-0.25, -0.2) is 0 Å².